The van der Waals surface area contributed by atoms with E-state index in [1.807, 2.05) is 9.80 Å². The van der Waals surface area contributed by atoms with E-state index < -0.39 is 0 Å². The van der Waals surface area contributed by atoms with E-state index in [0.717, 1.165) is 69.9 Å². The van der Waals surface area contributed by atoms with Gasteiger partial charge in [-0.25, -0.2) is 0 Å². The number of likely N-dealkylation sites (tertiary alicyclic amines) is 2. The third-order valence-corrected chi connectivity index (χ3v) is 7.59. The Morgan fingerprint density at radius 2 is 1.75 bits per heavy atom. The van der Waals surface area contributed by atoms with Crippen LogP contribution in [0.25, 0.3) is 0 Å². The van der Waals surface area contributed by atoms with E-state index in [1.54, 1.807) is 14.0 Å². The summed E-state index contributed by atoms with van der Waals surface area (Å²) in [5, 5.41) is 4.40. The molecule has 0 atom stereocenters. The smallest absolute Gasteiger partial charge is 0.229 e. The molecule has 3 aliphatic heterocycles. The number of ether oxygens (including phenoxy) is 2. The van der Waals surface area contributed by atoms with Gasteiger partial charge in [-0.3, -0.25) is 9.59 Å². The van der Waals surface area contributed by atoms with Crippen molar-refractivity contribution in [3.05, 3.63) is 11.7 Å². The van der Waals surface area contributed by atoms with Crippen LogP contribution in [0.3, 0.4) is 0 Å². The first-order chi connectivity index (χ1) is 15.5. The average Bonchev–Trinajstić information content (AvgIpc) is 3.34. The third kappa shape index (κ3) is 4.98. The van der Waals surface area contributed by atoms with Gasteiger partial charge in [0.2, 0.25) is 17.7 Å². The molecule has 0 spiro atoms. The molecule has 0 aromatic carbocycles. The molecule has 0 radical (unpaired) electrons. The Morgan fingerprint density at radius 1 is 1.06 bits per heavy atom. The molecule has 2 amide bonds. The molecule has 3 fully saturated rings. The highest BCUT2D eigenvalue weighted by Crippen LogP contribution is 2.39. The summed E-state index contributed by atoms with van der Waals surface area (Å²) >= 11 is 0. The van der Waals surface area contributed by atoms with Crippen LogP contribution in [-0.4, -0.2) is 84.9 Å². The number of rotatable bonds is 6. The van der Waals surface area contributed by atoms with E-state index in [1.165, 1.54) is 0 Å². The predicted octanol–water partition coefficient (Wildman–Crippen LogP) is 2.12. The van der Waals surface area contributed by atoms with Crippen LogP contribution in [0.4, 0.5) is 0 Å². The van der Waals surface area contributed by atoms with Crippen molar-refractivity contribution < 1.29 is 23.6 Å². The van der Waals surface area contributed by atoms with Crippen LogP contribution in [0.5, 0.6) is 0 Å². The minimum Gasteiger partial charge on any atom is -0.385 e. The van der Waals surface area contributed by atoms with Gasteiger partial charge in [0, 0.05) is 77.3 Å². The molecule has 32 heavy (non-hydrogen) atoms. The maximum absolute atomic E-state index is 13.1. The fourth-order valence-electron chi connectivity index (χ4n) is 5.30. The minimum absolute atomic E-state index is 0.0161. The fourth-order valence-corrected chi connectivity index (χ4v) is 5.30. The minimum atomic E-state index is -0.225. The first kappa shape index (κ1) is 23.2. The molecule has 1 aromatic heterocycles. The molecular weight excluding hydrogens is 412 g/mol. The molecule has 0 unspecified atom stereocenters. The van der Waals surface area contributed by atoms with Gasteiger partial charge in [-0.2, -0.15) is 4.98 Å². The van der Waals surface area contributed by atoms with Gasteiger partial charge in [-0.15, -0.1) is 0 Å². The predicted molar refractivity (Wildman–Crippen MR) is 116 cm³/mol. The maximum Gasteiger partial charge on any atom is 0.229 e. The van der Waals surface area contributed by atoms with Gasteiger partial charge >= 0.3 is 0 Å². The lowest BCUT2D eigenvalue weighted by molar-refractivity contribution is -0.141. The molecular formula is C23H36N4O5. The zero-order valence-corrected chi connectivity index (χ0v) is 19.4. The lowest BCUT2D eigenvalue weighted by Crippen LogP contribution is -2.49. The first-order valence-electron chi connectivity index (χ1n) is 12.0. The van der Waals surface area contributed by atoms with Gasteiger partial charge in [0.05, 0.1) is 0 Å². The quantitative estimate of drug-likeness (QED) is 0.657. The van der Waals surface area contributed by atoms with Crippen molar-refractivity contribution in [2.45, 2.75) is 63.2 Å². The second-order valence-electron chi connectivity index (χ2n) is 9.47. The molecule has 0 bridgehead atoms. The molecule has 9 nitrogen and oxygen atoms in total. The van der Waals surface area contributed by atoms with Crippen molar-refractivity contribution in [2.24, 2.45) is 5.92 Å². The highest BCUT2D eigenvalue weighted by molar-refractivity contribution is 5.80. The number of amides is 2. The van der Waals surface area contributed by atoms with Gasteiger partial charge in [0.25, 0.3) is 0 Å². The zero-order chi connectivity index (χ0) is 22.6. The van der Waals surface area contributed by atoms with Crippen LogP contribution in [0.2, 0.25) is 0 Å². The van der Waals surface area contributed by atoms with Crippen LogP contribution in [0, 0.1) is 5.92 Å². The van der Waals surface area contributed by atoms with E-state index in [0.29, 0.717) is 32.8 Å². The Bertz CT molecular complexity index is 775. The number of hydrogen-bond donors (Lipinski definition) is 0. The molecule has 4 heterocycles. The Balaban J connectivity index is 1.39. The average molecular weight is 449 g/mol. The molecule has 0 aliphatic carbocycles. The van der Waals surface area contributed by atoms with Crippen molar-refractivity contribution in [3.63, 3.8) is 0 Å². The number of methoxy groups -OCH3 is 1. The van der Waals surface area contributed by atoms with E-state index in [9.17, 15) is 9.59 Å². The Morgan fingerprint density at radius 3 is 2.38 bits per heavy atom. The second kappa shape index (κ2) is 10.3. The van der Waals surface area contributed by atoms with Gasteiger partial charge in [-0.1, -0.05) is 5.16 Å². The molecule has 0 N–H and O–H groups in total. The summed E-state index contributed by atoms with van der Waals surface area (Å²) in [6.45, 7) is 6.42. The number of nitrogens with zero attached hydrogens (tertiary/aromatic N) is 4. The third-order valence-electron chi connectivity index (χ3n) is 7.59. The molecule has 178 valence electrons. The maximum atomic E-state index is 13.1. The van der Waals surface area contributed by atoms with Crippen molar-refractivity contribution in [1.29, 1.82) is 0 Å². The summed E-state index contributed by atoms with van der Waals surface area (Å²) in [5.74, 6) is 2.09. The van der Waals surface area contributed by atoms with Crippen LogP contribution in [-0.2, 0) is 24.5 Å². The van der Waals surface area contributed by atoms with Crippen LogP contribution < -0.4 is 0 Å². The van der Waals surface area contributed by atoms with Crippen molar-refractivity contribution >= 4 is 11.8 Å². The van der Waals surface area contributed by atoms with Crippen LogP contribution in [0.15, 0.2) is 4.52 Å². The summed E-state index contributed by atoms with van der Waals surface area (Å²) in [4.78, 5) is 33.4. The topological polar surface area (TPSA) is 98.0 Å². The first-order valence-corrected chi connectivity index (χ1v) is 12.0. The summed E-state index contributed by atoms with van der Waals surface area (Å²) in [5.41, 5.74) is -0.225. The van der Waals surface area contributed by atoms with Gasteiger partial charge < -0.3 is 23.8 Å². The fraction of sp³-hybridized carbons (Fsp3) is 0.826. The second-order valence-corrected chi connectivity index (χ2v) is 9.47. The lowest BCUT2D eigenvalue weighted by atomic mass is 9.74. The summed E-state index contributed by atoms with van der Waals surface area (Å²) in [6, 6.07) is 0. The summed E-state index contributed by atoms with van der Waals surface area (Å²) in [6.07, 6.45) is 5.76. The number of carbonyl (C=O) groups is 2. The molecule has 3 aliphatic rings. The lowest BCUT2D eigenvalue weighted by Gasteiger charge is -2.41. The van der Waals surface area contributed by atoms with Crippen molar-refractivity contribution in [2.75, 3.05) is 53.1 Å². The molecule has 3 saturated heterocycles. The van der Waals surface area contributed by atoms with Gasteiger partial charge in [-0.05, 0) is 44.9 Å². The van der Waals surface area contributed by atoms with Crippen molar-refractivity contribution in [3.8, 4) is 0 Å². The van der Waals surface area contributed by atoms with E-state index in [4.69, 9.17) is 19.0 Å². The Labute approximate surface area is 189 Å². The van der Waals surface area contributed by atoms with Gasteiger partial charge in [0.1, 0.15) is 0 Å². The molecule has 4 rings (SSSR count). The zero-order valence-electron chi connectivity index (χ0n) is 19.4. The van der Waals surface area contributed by atoms with Crippen LogP contribution >= 0.6 is 0 Å². The van der Waals surface area contributed by atoms with Crippen molar-refractivity contribution in [1.82, 2.24) is 19.9 Å². The number of carbonyl (C=O) groups excluding carboxylic acids is 2. The number of hydrogen-bond acceptors (Lipinski definition) is 7. The SMILES string of the molecule is COCCC1(c2noc(C3CCOCC3)n2)CCN(C(=O)C2CCN(C(C)=O)CC2)CC1. The highest BCUT2D eigenvalue weighted by atomic mass is 16.5. The van der Waals surface area contributed by atoms with Gasteiger partial charge in [0.15, 0.2) is 5.82 Å². The number of piperidine rings is 2. The summed E-state index contributed by atoms with van der Waals surface area (Å²) < 4.78 is 16.5. The van der Waals surface area contributed by atoms with Crippen LogP contribution in [0.1, 0.15) is 69.5 Å². The molecule has 1 aromatic rings. The monoisotopic (exact) mass is 448 g/mol. The van der Waals surface area contributed by atoms with E-state index in [-0.39, 0.29) is 29.1 Å². The largest absolute Gasteiger partial charge is 0.385 e. The van der Waals surface area contributed by atoms with E-state index in [2.05, 4.69) is 5.16 Å². The normalized spacial score (nSPS) is 22.8. The standard InChI is InChI=1S/C23H36N4O5/c1-17(28)26-10-3-19(4-11-26)21(29)27-12-7-23(8-13-27,9-16-30-2)22-24-20(32-25-22)18-5-14-31-15-6-18/h18-19H,3-16H2,1-2H3. The van der Waals surface area contributed by atoms with E-state index >= 15 is 0 Å². The Hall–Kier alpha value is -2.00. The molecule has 0 saturated carbocycles. The number of aromatic nitrogens is 2. The Kier molecular flexibility index (Phi) is 7.45. The highest BCUT2D eigenvalue weighted by Gasteiger charge is 2.42. The molecule has 9 heteroatoms. The summed E-state index contributed by atoms with van der Waals surface area (Å²) in [7, 11) is 1.71.